The highest BCUT2D eigenvalue weighted by molar-refractivity contribution is 7.92. The summed E-state index contributed by atoms with van der Waals surface area (Å²) >= 11 is 0. The van der Waals surface area contributed by atoms with Gasteiger partial charge in [0.15, 0.2) is 11.5 Å². The van der Waals surface area contributed by atoms with Crippen LogP contribution in [0.1, 0.15) is 40.5 Å². The first kappa shape index (κ1) is 21.3. The molecule has 1 N–H and O–H groups in total. The Morgan fingerprint density at radius 2 is 1.78 bits per heavy atom. The first-order valence-electron chi connectivity index (χ1n) is 9.26. The summed E-state index contributed by atoms with van der Waals surface area (Å²) in [6, 6.07) is 5.13. The minimum atomic E-state index is -3.48. The molecule has 1 heterocycles. The van der Waals surface area contributed by atoms with Crippen LogP contribution in [0.2, 0.25) is 0 Å². The first-order chi connectivity index (χ1) is 12.6. The van der Waals surface area contributed by atoms with Gasteiger partial charge in [-0.05, 0) is 30.4 Å². The van der Waals surface area contributed by atoms with Crippen LogP contribution in [0.4, 0.5) is 5.69 Å². The zero-order valence-corrected chi connectivity index (χ0v) is 17.5. The summed E-state index contributed by atoms with van der Waals surface area (Å²) in [5.74, 6) is 1.75. The molecule has 0 fully saturated rings. The minimum absolute atomic E-state index is 0.0541. The SMILES string of the molecule is CC(C)C(NC(=O)CCCN(c1ccc2c(c1)OCO2)S(C)(=O)=O)C(C)C. The molecular weight excluding hydrogens is 368 g/mol. The van der Waals surface area contributed by atoms with Crippen LogP contribution in [-0.4, -0.2) is 40.0 Å². The van der Waals surface area contributed by atoms with Crippen LogP contribution < -0.4 is 19.1 Å². The number of hydrogen-bond acceptors (Lipinski definition) is 5. The van der Waals surface area contributed by atoms with Crippen molar-refractivity contribution in [2.75, 3.05) is 23.9 Å². The molecule has 0 aliphatic carbocycles. The van der Waals surface area contributed by atoms with Gasteiger partial charge in [-0.25, -0.2) is 8.42 Å². The van der Waals surface area contributed by atoms with Gasteiger partial charge >= 0.3 is 0 Å². The predicted octanol–water partition coefficient (Wildman–Crippen LogP) is 2.76. The van der Waals surface area contributed by atoms with E-state index in [0.29, 0.717) is 35.4 Å². The third-order valence-corrected chi connectivity index (χ3v) is 5.77. The van der Waals surface area contributed by atoms with E-state index in [0.717, 1.165) is 6.26 Å². The molecule has 2 rings (SSSR count). The number of carbonyl (C=O) groups excluding carboxylic acids is 1. The van der Waals surface area contributed by atoms with E-state index in [-0.39, 0.29) is 31.7 Å². The van der Waals surface area contributed by atoms with Crippen LogP contribution in [-0.2, 0) is 14.8 Å². The highest BCUT2D eigenvalue weighted by atomic mass is 32.2. The summed E-state index contributed by atoms with van der Waals surface area (Å²) in [5, 5.41) is 3.06. The van der Waals surface area contributed by atoms with E-state index in [1.54, 1.807) is 18.2 Å². The summed E-state index contributed by atoms with van der Waals surface area (Å²) in [5.41, 5.74) is 0.504. The van der Waals surface area contributed by atoms with E-state index < -0.39 is 10.0 Å². The van der Waals surface area contributed by atoms with E-state index in [9.17, 15) is 13.2 Å². The van der Waals surface area contributed by atoms with Crippen LogP contribution in [0.5, 0.6) is 11.5 Å². The number of fused-ring (bicyclic) bond motifs is 1. The lowest BCUT2D eigenvalue weighted by Crippen LogP contribution is -2.42. The average Bonchev–Trinajstić information content (AvgIpc) is 3.02. The Kier molecular flexibility index (Phi) is 6.97. The standard InChI is InChI=1S/C19H30N2O5S/c1-13(2)19(14(3)4)20-18(22)7-6-10-21(27(5,23)24)15-8-9-16-17(11-15)26-12-25-16/h8-9,11,13-14,19H,6-7,10,12H2,1-5H3,(H,20,22). The fraction of sp³-hybridized carbons (Fsp3) is 0.632. The fourth-order valence-electron chi connectivity index (χ4n) is 3.27. The van der Waals surface area contributed by atoms with Gasteiger partial charge in [0.1, 0.15) is 0 Å². The van der Waals surface area contributed by atoms with Crippen molar-refractivity contribution in [3.8, 4) is 11.5 Å². The maximum absolute atomic E-state index is 12.3. The van der Waals surface area contributed by atoms with Crippen LogP contribution in [0.25, 0.3) is 0 Å². The Hall–Kier alpha value is -1.96. The number of sulfonamides is 1. The van der Waals surface area contributed by atoms with E-state index in [1.165, 1.54) is 4.31 Å². The predicted molar refractivity (Wildman–Crippen MR) is 106 cm³/mol. The number of benzene rings is 1. The summed E-state index contributed by atoms with van der Waals surface area (Å²) in [4.78, 5) is 12.3. The number of ether oxygens (including phenoxy) is 2. The summed E-state index contributed by atoms with van der Waals surface area (Å²) in [7, 11) is -3.48. The van der Waals surface area contributed by atoms with Gasteiger partial charge in [0.2, 0.25) is 22.7 Å². The van der Waals surface area contributed by atoms with Gasteiger partial charge in [-0.3, -0.25) is 9.10 Å². The summed E-state index contributed by atoms with van der Waals surface area (Å²) in [6.45, 7) is 8.67. The number of nitrogens with one attached hydrogen (secondary N) is 1. The lowest BCUT2D eigenvalue weighted by Gasteiger charge is -2.26. The first-order valence-corrected chi connectivity index (χ1v) is 11.1. The van der Waals surface area contributed by atoms with Gasteiger partial charge in [0.05, 0.1) is 11.9 Å². The third kappa shape index (κ3) is 5.76. The number of hydrogen-bond donors (Lipinski definition) is 1. The molecule has 1 aromatic rings. The Balaban J connectivity index is 1.99. The molecule has 8 heteroatoms. The maximum Gasteiger partial charge on any atom is 0.232 e. The number of rotatable bonds is 9. The van der Waals surface area contributed by atoms with Crippen LogP contribution in [0.15, 0.2) is 18.2 Å². The quantitative estimate of drug-likeness (QED) is 0.691. The molecule has 0 saturated heterocycles. The third-order valence-electron chi connectivity index (χ3n) is 4.57. The van der Waals surface area contributed by atoms with E-state index >= 15 is 0 Å². The van der Waals surface area contributed by atoms with Gasteiger partial charge in [-0.1, -0.05) is 27.7 Å². The Labute approximate surface area is 162 Å². The molecule has 0 atom stereocenters. The van der Waals surface area contributed by atoms with Crippen molar-refractivity contribution < 1.29 is 22.7 Å². The molecule has 0 saturated carbocycles. The number of carbonyl (C=O) groups is 1. The van der Waals surface area contributed by atoms with Crippen LogP contribution in [0, 0.1) is 11.8 Å². The van der Waals surface area contributed by atoms with Gasteiger partial charge in [0, 0.05) is 25.1 Å². The molecule has 0 unspecified atom stereocenters. The summed E-state index contributed by atoms with van der Waals surface area (Å²) in [6.07, 6.45) is 1.86. The van der Waals surface area contributed by atoms with Crippen molar-refractivity contribution in [1.29, 1.82) is 0 Å². The summed E-state index contributed by atoms with van der Waals surface area (Å²) < 4.78 is 36.3. The van der Waals surface area contributed by atoms with Gasteiger partial charge < -0.3 is 14.8 Å². The molecule has 27 heavy (non-hydrogen) atoms. The van der Waals surface area contributed by atoms with E-state index in [2.05, 4.69) is 33.0 Å². The van der Waals surface area contributed by atoms with Gasteiger partial charge in [-0.15, -0.1) is 0 Å². The second-order valence-corrected chi connectivity index (χ2v) is 9.46. The molecule has 1 aromatic carbocycles. The molecular formula is C19H30N2O5S. The van der Waals surface area contributed by atoms with Crippen LogP contribution in [0.3, 0.4) is 0 Å². The topological polar surface area (TPSA) is 84.9 Å². The number of nitrogens with zero attached hydrogens (tertiary/aromatic N) is 1. The van der Waals surface area contributed by atoms with Crippen molar-refractivity contribution in [2.24, 2.45) is 11.8 Å². The molecule has 0 bridgehead atoms. The second-order valence-electron chi connectivity index (χ2n) is 7.56. The zero-order valence-electron chi connectivity index (χ0n) is 16.7. The van der Waals surface area contributed by atoms with Crippen molar-refractivity contribution >= 4 is 21.6 Å². The van der Waals surface area contributed by atoms with Crippen molar-refractivity contribution in [3.05, 3.63) is 18.2 Å². The van der Waals surface area contributed by atoms with Crippen molar-refractivity contribution in [1.82, 2.24) is 5.32 Å². The van der Waals surface area contributed by atoms with E-state index in [1.807, 2.05) is 0 Å². The average molecular weight is 399 g/mol. The maximum atomic E-state index is 12.3. The lowest BCUT2D eigenvalue weighted by atomic mass is 9.93. The smallest absolute Gasteiger partial charge is 0.232 e. The Morgan fingerprint density at radius 3 is 2.37 bits per heavy atom. The van der Waals surface area contributed by atoms with Crippen molar-refractivity contribution in [2.45, 2.75) is 46.6 Å². The normalized spacial score (nSPS) is 13.5. The molecule has 0 radical (unpaired) electrons. The molecule has 7 nitrogen and oxygen atoms in total. The second kappa shape index (κ2) is 8.82. The zero-order chi connectivity index (χ0) is 20.2. The highest BCUT2D eigenvalue weighted by Gasteiger charge is 2.23. The molecule has 0 aromatic heterocycles. The molecule has 1 amide bonds. The number of amides is 1. The van der Waals surface area contributed by atoms with Gasteiger partial charge in [-0.2, -0.15) is 0 Å². The Morgan fingerprint density at radius 1 is 1.15 bits per heavy atom. The largest absolute Gasteiger partial charge is 0.454 e. The van der Waals surface area contributed by atoms with Crippen molar-refractivity contribution in [3.63, 3.8) is 0 Å². The van der Waals surface area contributed by atoms with Crippen LogP contribution >= 0.6 is 0 Å². The monoisotopic (exact) mass is 398 g/mol. The lowest BCUT2D eigenvalue weighted by molar-refractivity contribution is -0.122. The molecule has 1 aliphatic heterocycles. The number of anilines is 1. The molecule has 0 spiro atoms. The van der Waals surface area contributed by atoms with E-state index in [4.69, 9.17) is 9.47 Å². The van der Waals surface area contributed by atoms with Gasteiger partial charge in [0.25, 0.3) is 0 Å². The highest BCUT2D eigenvalue weighted by Crippen LogP contribution is 2.36. The molecule has 152 valence electrons. The minimum Gasteiger partial charge on any atom is -0.454 e. The Bertz CT molecular complexity index is 753. The fourth-order valence-corrected chi connectivity index (χ4v) is 4.23. The molecule has 1 aliphatic rings.